The maximum atomic E-state index is 5.69. The molecule has 19 heavy (non-hydrogen) atoms. The molecular weight excluding hydrogens is 262 g/mol. The van der Waals surface area contributed by atoms with Crippen LogP contribution in [0.5, 0.6) is 6.01 Å². The molecule has 0 saturated carbocycles. The fraction of sp³-hybridized carbons (Fsp3) is 0.417. The third-order valence-electron chi connectivity index (χ3n) is 2.49. The summed E-state index contributed by atoms with van der Waals surface area (Å²) >= 11 is 1.70. The van der Waals surface area contributed by atoms with E-state index in [0.717, 1.165) is 13.1 Å². The van der Waals surface area contributed by atoms with Gasteiger partial charge in [-0.25, -0.2) is 0 Å². The first kappa shape index (κ1) is 13.5. The third kappa shape index (κ3) is 3.54. The largest absolute Gasteiger partial charge is 0.464 e. The van der Waals surface area contributed by atoms with E-state index < -0.39 is 0 Å². The molecule has 0 aliphatic carbocycles. The summed E-state index contributed by atoms with van der Waals surface area (Å²) in [6, 6.07) is 4.39. The van der Waals surface area contributed by atoms with Crippen molar-refractivity contribution in [1.29, 1.82) is 0 Å². The molecule has 102 valence electrons. The molecule has 0 aliphatic rings. The van der Waals surface area contributed by atoms with Crippen molar-refractivity contribution >= 4 is 23.2 Å². The first-order valence-corrected chi connectivity index (χ1v) is 7.02. The Morgan fingerprint density at radius 2 is 2.16 bits per heavy atom. The van der Waals surface area contributed by atoms with E-state index in [0.29, 0.717) is 12.6 Å². The number of hydrogen-bond acceptors (Lipinski definition) is 7. The average molecular weight is 279 g/mol. The van der Waals surface area contributed by atoms with Crippen molar-refractivity contribution in [3.05, 3.63) is 22.4 Å². The first-order chi connectivity index (χ1) is 9.22. The average Bonchev–Trinajstić information content (AvgIpc) is 2.88. The highest BCUT2D eigenvalue weighted by atomic mass is 32.1. The van der Waals surface area contributed by atoms with E-state index in [2.05, 4.69) is 26.4 Å². The number of hydrogen-bond donors (Lipinski definition) is 1. The number of aromatic nitrogens is 3. The SMILES string of the molecule is CCOc1nc(N)nc(N(CC)Cc2cccs2)n1. The van der Waals surface area contributed by atoms with E-state index in [9.17, 15) is 0 Å². The van der Waals surface area contributed by atoms with Gasteiger partial charge >= 0.3 is 6.01 Å². The van der Waals surface area contributed by atoms with Crippen LogP contribution in [0, 0.1) is 0 Å². The van der Waals surface area contributed by atoms with Crippen molar-refractivity contribution in [3.63, 3.8) is 0 Å². The van der Waals surface area contributed by atoms with Gasteiger partial charge in [0, 0.05) is 11.4 Å². The smallest absolute Gasteiger partial charge is 0.323 e. The molecule has 0 radical (unpaired) electrons. The van der Waals surface area contributed by atoms with E-state index in [1.165, 1.54) is 4.88 Å². The van der Waals surface area contributed by atoms with Gasteiger partial charge in [0.2, 0.25) is 11.9 Å². The Bertz CT molecular complexity index is 517. The number of ether oxygens (including phenoxy) is 1. The van der Waals surface area contributed by atoms with Crippen LogP contribution < -0.4 is 15.4 Å². The highest BCUT2D eigenvalue weighted by Crippen LogP contribution is 2.18. The molecule has 2 N–H and O–H groups in total. The maximum absolute atomic E-state index is 5.69. The third-order valence-corrected chi connectivity index (χ3v) is 3.35. The Morgan fingerprint density at radius 1 is 1.32 bits per heavy atom. The molecule has 0 aliphatic heterocycles. The summed E-state index contributed by atoms with van der Waals surface area (Å²) in [5, 5.41) is 2.05. The molecule has 0 bridgehead atoms. The molecule has 2 aromatic heterocycles. The molecule has 0 aromatic carbocycles. The van der Waals surface area contributed by atoms with Gasteiger partial charge in [0.25, 0.3) is 0 Å². The van der Waals surface area contributed by atoms with Crippen LogP contribution in [0.1, 0.15) is 18.7 Å². The lowest BCUT2D eigenvalue weighted by molar-refractivity contribution is 0.312. The predicted molar refractivity (Wildman–Crippen MR) is 76.5 cm³/mol. The first-order valence-electron chi connectivity index (χ1n) is 6.14. The van der Waals surface area contributed by atoms with Crippen LogP contribution in [0.3, 0.4) is 0 Å². The van der Waals surface area contributed by atoms with Crippen molar-refractivity contribution in [1.82, 2.24) is 15.0 Å². The zero-order valence-electron chi connectivity index (χ0n) is 11.0. The van der Waals surface area contributed by atoms with Gasteiger partial charge in [-0.15, -0.1) is 11.3 Å². The van der Waals surface area contributed by atoms with E-state index in [4.69, 9.17) is 10.5 Å². The van der Waals surface area contributed by atoms with Crippen molar-refractivity contribution in [2.24, 2.45) is 0 Å². The molecule has 7 heteroatoms. The second-order valence-corrected chi connectivity index (χ2v) is 4.83. The second kappa shape index (κ2) is 6.33. The molecule has 6 nitrogen and oxygen atoms in total. The highest BCUT2D eigenvalue weighted by Gasteiger charge is 2.12. The van der Waals surface area contributed by atoms with Gasteiger partial charge in [-0.1, -0.05) is 6.07 Å². The normalized spacial score (nSPS) is 10.4. The minimum Gasteiger partial charge on any atom is -0.464 e. The summed E-state index contributed by atoms with van der Waals surface area (Å²) in [5.41, 5.74) is 5.69. The second-order valence-electron chi connectivity index (χ2n) is 3.80. The van der Waals surface area contributed by atoms with Crippen LogP contribution in [0.2, 0.25) is 0 Å². The molecule has 0 saturated heterocycles. The summed E-state index contributed by atoms with van der Waals surface area (Å²) in [5.74, 6) is 0.727. The summed E-state index contributed by atoms with van der Waals surface area (Å²) in [7, 11) is 0. The monoisotopic (exact) mass is 279 g/mol. The van der Waals surface area contributed by atoms with Gasteiger partial charge in [0.1, 0.15) is 0 Å². The van der Waals surface area contributed by atoms with E-state index in [1.807, 2.05) is 24.8 Å². The van der Waals surface area contributed by atoms with Crippen LogP contribution in [0.25, 0.3) is 0 Å². The van der Waals surface area contributed by atoms with Crippen LogP contribution in [-0.4, -0.2) is 28.1 Å². The molecule has 0 fully saturated rings. The zero-order valence-corrected chi connectivity index (χ0v) is 11.9. The van der Waals surface area contributed by atoms with E-state index in [-0.39, 0.29) is 12.0 Å². The van der Waals surface area contributed by atoms with Gasteiger partial charge in [0.15, 0.2) is 0 Å². The van der Waals surface area contributed by atoms with Crippen molar-refractivity contribution in [2.75, 3.05) is 23.8 Å². The zero-order chi connectivity index (χ0) is 13.7. The standard InChI is InChI=1S/C12H17N5OS/c1-3-17(8-9-6-5-7-19-9)11-14-10(13)15-12(16-11)18-4-2/h5-7H,3-4,8H2,1-2H3,(H2,13,14,15,16). The van der Waals surface area contributed by atoms with Crippen LogP contribution >= 0.6 is 11.3 Å². The topological polar surface area (TPSA) is 77.2 Å². The number of anilines is 2. The summed E-state index contributed by atoms with van der Waals surface area (Å²) in [6.07, 6.45) is 0. The van der Waals surface area contributed by atoms with Gasteiger partial charge in [-0.2, -0.15) is 15.0 Å². The van der Waals surface area contributed by atoms with Crippen molar-refractivity contribution in [3.8, 4) is 6.01 Å². The van der Waals surface area contributed by atoms with Crippen LogP contribution in [0.15, 0.2) is 17.5 Å². The highest BCUT2D eigenvalue weighted by molar-refractivity contribution is 7.09. The Hall–Kier alpha value is -1.89. The molecule has 0 spiro atoms. The number of nitrogens with zero attached hydrogens (tertiary/aromatic N) is 4. The summed E-state index contributed by atoms with van der Waals surface area (Å²) in [6.45, 7) is 5.97. The fourth-order valence-electron chi connectivity index (χ4n) is 1.61. The predicted octanol–water partition coefficient (Wildman–Crippen LogP) is 1.94. The number of thiophene rings is 1. The lowest BCUT2D eigenvalue weighted by Crippen LogP contribution is -2.24. The Morgan fingerprint density at radius 3 is 2.79 bits per heavy atom. The Labute approximate surface area is 116 Å². The minimum absolute atomic E-state index is 0.179. The molecule has 0 amide bonds. The Kier molecular flexibility index (Phi) is 4.51. The molecule has 0 unspecified atom stereocenters. The summed E-state index contributed by atoms with van der Waals surface area (Å²) < 4.78 is 5.29. The van der Waals surface area contributed by atoms with Crippen molar-refractivity contribution < 1.29 is 4.74 Å². The van der Waals surface area contributed by atoms with Gasteiger partial charge in [-0.05, 0) is 25.3 Å². The van der Waals surface area contributed by atoms with Crippen LogP contribution in [-0.2, 0) is 6.54 Å². The molecule has 2 rings (SSSR count). The quantitative estimate of drug-likeness (QED) is 0.870. The van der Waals surface area contributed by atoms with Gasteiger partial charge in [-0.3, -0.25) is 0 Å². The van der Waals surface area contributed by atoms with Gasteiger partial charge in [0.05, 0.1) is 13.2 Å². The number of rotatable bonds is 6. The van der Waals surface area contributed by atoms with Crippen molar-refractivity contribution in [2.45, 2.75) is 20.4 Å². The molecule has 2 heterocycles. The van der Waals surface area contributed by atoms with Crippen LogP contribution in [0.4, 0.5) is 11.9 Å². The minimum atomic E-state index is 0.179. The number of nitrogen functional groups attached to an aromatic ring is 1. The molecular formula is C12H17N5OS. The van der Waals surface area contributed by atoms with Gasteiger partial charge < -0.3 is 15.4 Å². The lowest BCUT2D eigenvalue weighted by atomic mass is 10.4. The maximum Gasteiger partial charge on any atom is 0.323 e. The summed E-state index contributed by atoms with van der Waals surface area (Å²) in [4.78, 5) is 15.7. The number of nitrogens with two attached hydrogens (primary N) is 1. The Balaban J connectivity index is 2.21. The van der Waals surface area contributed by atoms with E-state index in [1.54, 1.807) is 11.3 Å². The lowest BCUT2D eigenvalue weighted by Gasteiger charge is -2.20. The fourth-order valence-corrected chi connectivity index (χ4v) is 2.33. The molecule has 0 atom stereocenters. The van der Waals surface area contributed by atoms with E-state index >= 15 is 0 Å². The molecule has 2 aromatic rings.